The van der Waals surface area contributed by atoms with Crippen molar-refractivity contribution in [2.75, 3.05) is 13.4 Å². The molecule has 4 nitrogen and oxygen atoms in total. The molecule has 0 aromatic rings. The van der Waals surface area contributed by atoms with Crippen LogP contribution >= 0.6 is 0 Å². The Morgan fingerprint density at radius 1 is 1.38 bits per heavy atom. The van der Waals surface area contributed by atoms with E-state index in [0.717, 1.165) is 12.8 Å². The molecule has 24 heavy (non-hydrogen) atoms. The lowest BCUT2D eigenvalue weighted by molar-refractivity contribution is -0.146. The molecule has 0 unspecified atom stereocenters. The normalized spacial score (nSPS) is 45.5. The molecule has 3 rings (SSSR count). The summed E-state index contributed by atoms with van der Waals surface area (Å²) in [6.07, 6.45) is 7.05. The minimum atomic E-state index is -0.437. The predicted molar refractivity (Wildman–Crippen MR) is 92.3 cm³/mol. The number of Topliss-reactive ketones (excluding diaryl/α,β-unsaturated/α-hetero) is 1. The van der Waals surface area contributed by atoms with Gasteiger partial charge < -0.3 is 14.6 Å². The zero-order valence-corrected chi connectivity index (χ0v) is 15.4. The summed E-state index contributed by atoms with van der Waals surface area (Å²) in [4.78, 5) is 13.2. The third-order valence-corrected chi connectivity index (χ3v) is 7.04. The van der Waals surface area contributed by atoms with E-state index >= 15 is 0 Å². The fourth-order valence-corrected chi connectivity index (χ4v) is 5.73. The number of hydrogen-bond acceptors (Lipinski definition) is 4. The summed E-state index contributed by atoms with van der Waals surface area (Å²) in [5, 5.41) is 9.39. The Labute approximate surface area is 145 Å². The molecule has 0 amide bonds. The van der Waals surface area contributed by atoms with Crippen molar-refractivity contribution in [3.63, 3.8) is 0 Å². The largest absolute Gasteiger partial charge is 0.396 e. The van der Waals surface area contributed by atoms with Crippen LogP contribution in [0.25, 0.3) is 0 Å². The van der Waals surface area contributed by atoms with E-state index in [4.69, 9.17) is 9.47 Å². The summed E-state index contributed by atoms with van der Waals surface area (Å²) in [7, 11) is 0. The summed E-state index contributed by atoms with van der Waals surface area (Å²) in [6, 6.07) is 0. The minimum Gasteiger partial charge on any atom is -0.396 e. The minimum absolute atomic E-state index is 0.0667. The molecule has 0 bridgehead atoms. The van der Waals surface area contributed by atoms with E-state index in [-0.39, 0.29) is 48.8 Å². The Hall–Kier alpha value is -0.710. The van der Waals surface area contributed by atoms with Crippen LogP contribution in [0, 0.1) is 35.0 Å². The van der Waals surface area contributed by atoms with Crippen molar-refractivity contribution in [3.8, 4) is 0 Å². The van der Waals surface area contributed by atoms with E-state index in [1.54, 1.807) is 0 Å². The van der Waals surface area contributed by atoms with E-state index in [1.807, 2.05) is 0 Å². The van der Waals surface area contributed by atoms with Crippen molar-refractivity contribution in [1.82, 2.24) is 0 Å². The van der Waals surface area contributed by atoms with E-state index < -0.39 is 5.41 Å². The molecule has 1 heterocycles. The first-order chi connectivity index (χ1) is 11.4. The molecule has 0 spiro atoms. The molecule has 3 aliphatic rings. The van der Waals surface area contributed by atoms with Crippen LogP contribution in [0.5, 0.6) is 0 Å². The highest BCUT2D eigenvalue weighted by Gasteiger charge is 2.58. The molecule has 1 saturated carbocycles. The first-order valence-electron chi connectivity index (χ1n) is 9.50. The number of rotatable bonds is 5. The van der Waals surface area contributed by atoms with Crippen molar-refractivity contribution >= 4 is 5.78 Å². The van der Waals surface area contributed by atoms with Crippen LogP contribution in [-0.4, -0.2) is 36.5 Å². The lowest BCUT2D eigenvalue weighted by Gasteiger charge is -2.55. The molecule has 4 heteroatoms. The topological polar surface area (TPSA) is 55.8 Å². The first kappa shape index (κ1) is 18.1. The van der Waals surface area contributed by atoms with Crippen LogP contribution in [0.2, 0.25) is 0 Å². The van der Waals surface area contributed by atoms with Crippen LogP contribution in [-0.2, 0) is 14.3 Å². The van der Waals surface area contributed by atoms with Gasteiger partial charge in [0, 0.05) is 24.4 Å². The Morgan fingerprint density at radius 2 is 2.12 bits per heavy atom. The molecular weight excluding hydrogens is 304 g/mol. The van der Waals surface area contributed by atoms with Gasteiger partial charge in [-0.1, -0.05) is 46.3 Å². The zero-order valence-electron chi connectivity index (χ0n) is 15.4. The van der Waals surface area contributed by atoms with E-state index in [2.05, 4.69) is 39.8 Å². The third-order valence-electron chi connectivity index (χ3n) is 7.04. The van der Waals surface area contributed by atoms with Gasteiger partial charge in [0.05, 0.1) is 12.2 Å². The number of ketones is 1. The number of allylic oxidation sites excluding steroid dienone is 1. The number of hydrogen-bond donors (Lipinski definition) is 1. The number of ether oxygens (including phenoxy) is 2. The monoisotopic (exact) mass is 336 g/mol. The molecule has 0 aromatic heterocycles. The second-order valence-electron chi connectivity index (χ2n) is 8.25. The maximum atomic E-state index is 13.2. The fraction of sp³-hybridized carbons (Fsp3) is 0.850. The van der Waals surface area contributed by atoms with Crippen LogP contribution in [0.3, 0.4) is 0 Å². The number of aliphatic hydroxyl groups is 1. The van der Waals surface area contributed by atoms with Gasteiger partial charge in [-0.2, -0.15) is 0 Å². The van der Waals surface area contributed by atoms with E-state index in [0.29, 0.717) is 18.6 Å². The van der Waals surface area contributed by atoms with Gasteiger partial charge >= 0.3 is 0 Å². The second-order valence-corrected chi connectivity index (χ2v) is 8.25. The Balaban J connectivity index is 2.03. The highest BCUT2D eigenvalue weighted by atomic mass is 16.7. The predicted octanol–water partition coefficient (Wildman–Crippen LogP) is 3.19. The quantitative estimate of drug-likeness (QED) is 0.784. The maximum absolute atomic E-state index is 13.2. The summed E-state index contributed by atoms with van der Waals surface area (Å²) in [5.74, 6) is 1.77. The summed E-state index contributed by atoms with van der Waals surface area (Å²) >= 11 is 0. The van der Waals surface area contributed by atoms with Gasteiger partial charge in [0.25, 0.3) is 0 Å². The fourth-order valence-electron chi connectivity index (χ4n) is 5.73. The third kappa shape index (κ3) is 2.67. The van der Waals surface area contributed by atoms with Gasteiger partial charge in [0.15, 0.2) is 0 Å². The second kappa shape index (κ2) is 6.89. The first-order valence-corrected chi connectivity index (χ1v) is 9.50. The Bertz CT molecular complexity index is 502. The average Bonchev–Trinajstić information content (AvgIpc) is 3.02. The molecular formula is C20H32O4. The Kier molecular flexibility index (Phi) is 5.19. The smallest absolute Gasteiger partial charge is 0.147 e. The summed E-state index contributed by atoms with van der Waals surface area (Å²) in [5.41, 5.74) is -0.437. The van der Waals surface area contributed by atoms with Crippen molar-refractivity contribution in [1.29, 1.82) is 0 Å². The standard InChI is InChI=1S/C20H32O4/c1-5-12(2)15-7-6-14-18(20(15,4)17(22)8-9-21)13(3)10-16-19(14)24-11-23-16/h6-7,12-16,18-19,21H,5,8-11H2,1-4H3/t12-,13-,14-,15+,16-,18+,19+,20-/m1/s1. The lowest BCUT2D eigenvalue weighted by Crippen LogP contribution is -2.57. The van der Waals surface area contributed by atoms with Gasteiger partial charge in [0.1, 0.15) is 12.6 Å². The lowest BCUT2D eigenvalue weighted by atomic mass is 9.49. The molecule has 1 saturated heterocycles. The molecule has 2 fully saturated rings. The molecule has 0 radical (unpaired) electrons. The van der Waals surface area contributed by atoms with Crippen molar-refractivity contribution in [3.05, 3.63) is 12.2 Å². The molecule has 2 aliphatic carbocycles. The van der Waals surface area contributed by atoms with Crippen molar-refractivity contribution < 1.29 is 19.4 Å². The van der Waals surface area contributed by atoms with Crippen molar-refractivity contribution in [2.45, 2.75) is 59.2 Å². The zero-order chi connectivity index (χ0) is 17.5. The molecule has 136 valence electrons. The summed E-state index contributed by atoms with van der Waals surface area (Å²) in [6.45, 7) is 9.14. The highest BCUT2D eigenvalue weighted by Crippen LogP contribution is 2.57. The number of aliphatic hydroxyl groups excluding tert-OH is 1. The molecule has 8 atom stereocenters. The van der Waals surface area contributed by atoms with Gasteiger partial charge in [-0.15, -0.1) is 0 Å². The van der Waals surface area contributed by atoms with Gasteiger partial charge in [0.2, 0.25) is 0 Å². The van der Waals surface area contributed by atoms with Gasteiger partial charge in [-0.25, -0.2) is 0 Å². The van der Waals surface area contributed by atoms with Gasteiger partial charge in [-0.05, 0) is 30.1 Å². The molecule has 1 N–H and O–H groups in total. The number of carbonyl (C=O) groups is 1. The maximum Gasteiger partial charge on any atom is 0.147 e. The van der Waals surface area contributed by atoms with Crippen LogP contribution in [0.4, 0.5) is 0 Å². The van der Waals surface area contributed by atoms with E-state index in [9.17, 15) is 9.90 Å². The van der Waals surface area contributed by atoms with Crippen LogP contribution in [0.1, 0.15) is 47.0 Å². The van der Waals surface area contributed by atoms with Crippen molar-refractivity contribution in [2.24, 2.45) is 35.0 Å². The summed E-state index contributed by atoms with van der Waals surface area (Å²) < 4.78 is 11.7. The SMILES string of the molecule is CC[C@@H](C)[C@@H]1C=C[C@H]2[C@@H]3OCO[C@@H]3C[C@@H](C)[C@@H]2[C@@]1(C)C(=O)CCO. The average molecular weight is 336 g/mol. The molecule has 0 aromatic carbocycles. The van der Waals surface area contributed by atoms with Crippen LogP contribution in [0.15, 0.2) is 12.2 Å². The molecule has 1 aliphatic heterocycles. The number of carbonyl (C=O) groups excluding carboxylic acids is 1. The van der Waals surface area contributed by atoms with Gasteiger partial charge in [-0.3, -0.25) is 4.79 Å². The number of fused-ring (bicyclic) bond motifs is 3. The van der Waals surface area contributed by atoms with E-state index in [1.165, 1.54) is 0 Å². The Morgan fingerprint density at radius 3 is 2.79 bits per heavy atom. The highest BCUT2D eigenvalue weighted by molar-refractivity contribution is 5.86. The van der Waals surface area contributed by atoms with Crippen LogP contribution < -0.4 is 0 Å².